The van der Waals surface area contributed by atoms with E-state index in [9.17, 15) is 8.42 Å². The van der Waals surface area contributed by atoms with Crippen LogP contribution in [0.1, 0.15) is 18.9 Å². The van der Waals surface area contributed by atoms with Crippen LogP contribution in [0.3, 0.4) is 0 Å². The number of rotatable bonds is 4. The lowest BCUT2D eigenvalue weighted by Gasteiger charge is -2.07. The van der Waals surface area contributed by atoms with Crippen molar-refractivity contribution in [1.82, 2.24) is 4.98 Å². The van der Waals surface area contributed by atoms with Gasteiger partial charge in [0.15, 0.2) is 0 Å². The highest BCUT2D eigenvalue weighted by Gasteiger charge is 2.14. The summed E-state index contributed by atoms with van der Waals surface area (Å²) in [6.07, 6.45) is 4.64. The highest BCUT2D eigenvalue weighted by atomic mass is 32.2. The number of aromatic nitrogens is 1. The highest BCUT2D eigenvalue weighted by Crippen LogP contribution is 2.07. The van der Waals surface area contributed by atoms with Gasteiger partial charge in [-0.25, -0.2) is 13.6 Å². The molecule has 1 aromatic heterocycles. The lowest BCUT2D eigenvalue weighted by Crippen LogP contribution is -2.26. The molecule has 0 bridgehead atoms. The summed E-state index contributed by atoms with van der Waals surface area (Å²) < 4.78 is 21.8. The fourth-order valence-corrected chi connectivity index (χ4v) is 1.53. The molecule has 0 fully saturated rings. The van der Waals surface area contributed by atoms with Crippen LogP contribution in [-0.2, 0) is 16.4 Å². The Bertz CT molecular complexity index is 375. The van der Waals surface area contributed by atoms with Gasteiger partial charge in [0.1, 0.15) is 0 Å². The van der Waals surface area contributed by atoms with Crippen LogP contribution in [0, 0.1) is 0 Å². The molecular formula is C9H14N2O2S. The second kappa shape index (κ2) is 4.52. The number of pyridine rings is 1. The number of hydrogen-bond donors (Lipinski definition) is 1. The van der Waals surface area contributed by atoms with Gasteiger partial charge in [-0.1, -0.05) is 0 Å². The van der Waals surface area contributed by atoms with Gasteiger partial charge in [-0.3, -0.25) is 4.98 Å². The molecule has 1 rings (SSSR count). The Hall–Kier alpha value is -0.940. The fraction of sp³-hybridized carbons (Fsp3) is 0.444. The lowest BCUT2D eigenvalue weighted by atomic mass is 10.1. The van der Waals surface area contributed by atoms with Crippen LogP contribution in [0.15, 0.2) is 24.5 Å². The molecule has 2 N–H and O–H groups in total. The fourth-order valence-electron chi connectivity index (χ4n) is 1.08. The van der Waals surface area contributed by atoms with Gasteiger partial charge < -0.3 is 0 Å². The second-order valence-electron chi connectivity index (χ2n) is 3.29. The Morgan fingerprint density at radius 3 is 2.50 bits per heavy atom. The molecule has 14 heavy (non-hydrogen) atoms. The van der Waals surface area contributed by atoms with Crippen molar-refractivity contribution in [2.75, 3.05) is 0 Å². The molecule has 0 aliphatic heterocycles. The first-order valence-electron chi connectivity index (χ1n) is 4.40. The summed E-state index contributed by atoms with van der Waals surface area (Å²) >= 11 is 0. The van der Waals surface area contributed by atoms with Crippen LogP contribution in [0.25, 0.3) is 0 Å². The number of nitrogens with zero attached hydrogens (tertiary/aromatic N) is 1. The second-order valence-corrected chi connectivity index (χ2v) is 5.28. The van der Waals surface area contributed by atoms with Crippen molar-refractivity contribution < 1.29 is 8.42 Å². The first-order valence-corrected chi connectivity index (χ1v) is 6.01. The summed E-state index contributed by atoms with van der Waals surface area (Å²) in [4.78, 5) is 3.88. The van der Waals surface area contributed by atoms with E-state index in [1.54, 1.807) is 19.3 Å². The SMILES string of the molecule is CC(CCc1ccncc1)S(N)(=O)=O. The predicted octanol–water partition coefficient (Wildman–Crippen LogP) is 0.691. The third-order valence-corrected chi connectivity index (χ3v) is 3.51. The Labute approximate surface area is 84.2 Å². The normalized spacial score (nSPS) is 13.9. The topological polar surface area (TPSA) is 73.0 Å². The molecule has 78 valence electrons. The molecule has 1 heterocycles. The van der Waals surface area contributed by atoms with E-state index < -0.39 is 15.3 Å². The third-order valence-electron chi connectivity index (χ3n) is 2.15. The monoisotopic (exact) mass is 214 g/mol. The van der Waals surface area contributed by atoms with Crippen molar-refractivity contribution in [3.63, 3.8) is 0 Å². The quantitative estimate of drug-likeness (QED) is 0.801. The van der Waals surface area contributed by atoms with E-state index in [-0.39, 0.29) is 0 Å². The molecule has 0 radical (unpaired) electrons. The Morgan fingerprint density at radius 2 is 2.00 bits per heavy atom. The van der Waals surface area contributed by atoms with E-state index in [0.29, 0.717) is 12.8 Å². The molecule has 4 nitrogen and oxygen atoms in total. The van der Waals surface area contributed by atoms with E-state index in [1.165, 1.54) is 0 Å². The van der Waals surface area contributed by atoms with E-state index in [2.05, 4.69) is 4.98 Å². The third kappa shape index (κ3) is 3.43. The number of aryl methyl sites for hydroxylation is 1. The van der Waals surface area contributed by atoms with Gasteiger partial charge in [-0.2, -0.15) is 0 Å². The molecule has 0 amide bonds. The molecule has 1 aromatic rings. The van der Waals surface area contributed by atoms with Crippen LogP contribution in [0.2, 0.25) is 0 Å². The van der Waals surface area contributed by atoms with Crippen LogP contribution >= 0.6 is 0 Å². The molecule has 0 saturated carbocycles. The largest absolute Gasteiger partial charge is 0.265 e. The van der Waals surface area contributed by atoms with Crippen molar-refractivity contribution in [1.29, 1.82) is 0 Å². The Kier molecular flexibility index (Phi) is 3.60. The van der Waals surface area contributed by atoms with E-state index >= 15 is 0 Å². The molecule has 0 aliphatic carbocycles. The van der Waals surface area contributed by atoms with Crippen LogP contribution in [0.4, 0.5) is 0 Å². The standard InChI is InChI=1S/C9H14N2O2S/c1-8(14(10,12)13)2-3-9-4-6-11-7-5-9/h4-8H,2-3H2,1H3,(H2,10,12,13). The molecular weight excluding hydrogens is 200 g/mol. The molecule has 1 unspecified atom stereocenters. The van der Waals surface area contributed by atoms with E-state index in [4.69, 9.17) is 5.14 Å². The number of sulfonamides is 1. The maximum absolute atomic E-state index is 10.9. The van der Waals surface area contributed by atoms with Gasteiger partial charge >= 0.3 is 0 Å². The first kappa shape index (κ1) is 11.1. The van der Waals surface area contributed by atoms with Crippen LogP contribution in [-0.4, -0.2) is 18.7 Å². The van der Waals surface area contributed by atoms with Crippen molar-refractivity contribution in [3.05, 3.63) is 30.1 Å². The zero-order chi connectivity index (χ0) is 10.6. The summed E-state index contributed by atoms with van der Waals surface area (Å²) in [5.74, 6) is 0. The maximum atomic E-state index is 10.9. The van der Waals surface area contributed by atoms with Gasteiger partial charge in [-0.05, 0) is 37.5 Å². The average Bonchev–Trinajstić information content (AvgIpc) is 2.14. The minimum absolute atomic E-state index is 0.490. The number of hydrogen-bond acceptors (Lipinski definition) is 3. The maximum Gasteiger partial charge on any atom is 0.211 e. The molecule has 5 heteroatoms. The summed E-state index contributed by atoms with van der Waals surface area (Å²) in [5.41, 5.74) is 1.08. The summed E-state index contributed by atoms with van der Waals surface area (Å²) in [5, 5.41) is 4.51. The smallest absolute Gasteiger partial charge is 0.211 e. The summed E-state index contributed by atoms with van der Waals surface area (Å²) in [7, 11) is -3.39. The lowest BCUT2D eigenvalue weighted by molar-refractivity contribution is 0.579. The zero-order valence-electron chi connectivity index (χ0n) is 8.05. The van der Waals surface area contributed by atoms with Crippen molar-refractivity contribution in [3.8, 4) is 0 Å². The van der Waals surface area contributed by atoms with Crippen LogP contribution in [0.5, 0.6) is 0 Å². The molecule has 0 aliphatic rings. The van der Waals surface area contributed by atoms with Crippen molar-refractivity contribution >= 4 is 10.0 Å². The number of nitrogens with two attached hydrogens (primary N) is 1. The average molecular weight is 214 g/mol. The Balaban J connectivity index is 2.50. The number of primary sulfonamides is 1. The van der Waals surface area contributed by atoms with E-state index in [0.717, 1.165) is 5.56 Å². The minimum Gasteiger partial charge on any atom is -0.265 e. The molecule has 0 saturated heterocycles. The molecule has 0 spiro atoms. The Morgan fingerprint density at radius 1 is 1.43 bits per heavy atom. The summed E-state index contributed by atoms with van der Waals surface area (Å²) in [6.45, 7) is 1.62. The zero-order valence-corrected chi connectivity index (χ0v) is 8.87. The molecule has 1 atom stereocenters. The van der Waals surface area contributed by atoms with E-state index in [1.807, 2.05) is 12.1 Å². The van der Waals surface area contributed by atoms with Gasteiger partial charge in [0.2, 0.25) is 10.0 Å². The van der Waals surface area contributed by atoms with Gasteiger partial charge in [0.05, 0.1) is 5.25 Å². The van der Waals surface area contributed by atoms with Gasteiger partial charge in [0.25, 0.3) is 0 Å². The predicted molar refractivity (Wildman–Crippen MR) is 55.1 cm³/mol. The van der Waals surface area contributed by atoms with Crippen molar-refractivity contribution in [2.45, 2.75) is 25.0 Å². The summed E-state index contributed by atoms with van der Waals surface area (Å²) in [6, 6.07) is 3.74. The highest BCUT2D eigenvalue weighted by molar-refractivity contribution is 7.89. The minimum atomic E-state index is -3.39. The van der Waals surface area contributed by atoms with Crippen LogP contribution < -0.4 is 5.14 Å². The van der Waals surface area contributed by atoms with Gasteiger partial charge in [-0.15, -0.1) is 0 Å². The van der Waals surface area contributed by atoms with Crippen molar-refractivity contribution in [2.24, 2.45) is 5.14 Å². The molecule has 0 aromatic carbocycles. The first-order chi connectivity index (χ1) is 6.50. The van der Waals surface area contributed by atoms with Gasteiger partial charge in [0, 0.05) is 12.4 Å².